The van der Waals surface area contributed by atoms with Crippen molar-refractivity contribution in [3.63, 3.8) is 0 Å². The molecule has 2 aliphatic heterocycles. The molecule has 4 rings (SSSR count). The first-order valence-electron chi connectivity index (χ1n) is 8.09. The molecule has 0 N–H and O–H groups in total. The van der Waals surface area contributed by atoms with Crippen LogP contribution >= 0.6 is 0 Å². The summed E-state index contributed by atoms with van der Waals surface area (Å²) in [4.78, 5) is 19.1. The van der Waals surface area contributed by atoms with Crippen molar-refractivity contribution in [3.05, 3.63) is 40.6 Å². The lowest BCUT2D eigenvalue weighted by Crippen LogP contribution is -2.38. The lowest BCUT2D eigenvalue weighted by molar-refractivity contribution is 0.122. The molecular weight excluding hydrogens is 308 g/mol. The minimum Gasteiger partial charge on any atom is -0.494 e. The molecule has 1 aliphatic carbocycles. The number of hydrogen-bond acceptors (Lipinski definition) is 6. The summed E-state index contributed by atoms with van der Waals surface area (Å²) in [6.07, 6.45) is 0. The van der Waals surface area contributed by atoms with E-state index in [1.165, 1.54) is 6.07 Å². The molecule has 0 atom stereocenters. The van der Waals surface area contributed by atoms with E-state index in [9.17, 15) is 4.79 Å². The van der Waals surface area contributed by atoms with E-state index in [-0.39, 0.29) is 5.43 Å². The molecule has 0 unspecified atom stereocenters. The van der Waals surface area contributed by atoms with Gasteiger partial charge in [-0.3, -0.25) is 4.79 Å². The molecule has 1 saturated heterocycles. The van der Waals surface area contributed by atoms with Gasteiger partial charge in [0.15, 0.2) is 11.3 Å². The predicted molar refractivity (Wildman–Crippen MR) is 91.1 cm³/mol. The lowest BCUT2D eigenvalue weighted by atomic mass is 10.1. The molecule has 1 fully saturated rings. The number of ether oxygens (including phenoxy) is 2. The zero-order valence-corrected chi connectivity index (χ0v) is 13.4. The van der Waals surface area contributed by atoms with Gasteiger partial charge in [-0.05, 0) is 25.1 Å². The number of aromatic nitrogens is 1. The molecule has 2 heterocycles. The first kappa shape index (κ1) is 15.0. The Bertz CT molecular complexity index is 899. The number of morpholine rings is 1. The molecule has 1 aromatic rings. The molecule has 6 nitrogen and oxygen atoms in total. The van der Waals surface area contributed by atoms with E-state index in [4.69, 9.17) is 13.9 Å². The van der Waals surface area contributed by atoms with Gasteiger partial charge in [0.25, 0.3) is 0 Å². The fourth-order valence-corrected chi connectivity index (χ4v) is 2.93. The second kappa shape index (κ2) is 6.13. The highest BCUT2D eigenvalue weighted by Gasteiger charge is 2.19. The Hall–Kier alpha value is -2.60. The van der Waals surface area contributed by atoms with Gasteiger partial charge in [-0.2, -0.15) is 0 Å². The van der Waals surface area contributed by atoms with Crippen LogP contribution in [0.5, 0.6) is 5.75 Å². The predicted octanol–water partition coefficient (Wildman–Crippen LogP) is 2.53. The van der Waals surface area contributed by atoms with Crippen molar-refractivity contribution in [2.45, 2.75) is 6.92 Å². The van der Waals surface area contributed by atoms with Crippen LogP contribution in [0.25, 0.3) is 22.6 Å². The highest BCUT2D eigenvalue weighted by atomic mass is 16.5. The molecule has 3 aliphatic rings. The number of hydrogen-bond donors (Lipinski definition) is 0. The van der Waals surface area contributed by atoms with E-state index in [0.29, 0.717) is 55.6 Å². The van der Waals surface area contributed by atoms with Crippen molar-refractivity contribution in [3.8, 4) is 17.2 Å². The summed E-state index contributed by atoms with van der Waals surface area (Å²) < 4.78 is 16.7. The SMILES string of the molecule is CCOc1ccc2nc3cc(N4CCOCC4)c(=O)cc-3oc2c1. The van der Waals surface area contributed by atoms with Gasteiger partial charge in [-0.1, -0.05) is 0 Å². The monoisotopic (exact) mass is 326 g/mol. The molecular formula is C18H18N2O4. The zero-order valence-electron chi connectivity index (χ0n) is 13.4. The van der Waals surface area contributed by atoms with Crippen LogP contribution in [0, 0.1) is 0 Å². The van der Waals surface area contributed by atoms with Gasteiger partial charge >= 0.3 is 0 Å². The molecule has 0 saturated carbocycles. The highest BCUT2D eigenvalue weighted by Crippen LogP contribution is 2.28. The van der Waals surface area contributed by atoms with E-state index < -0.39 is 0 Å². The number of rotatable bonds is 3. The van der Waals surface area contributed by atoms with Gasteiger partial charge in [-0.15, -0.1) is 0 Å². The smallest absolute Gasteiger partial charge is 0.205 e. The van der Waals surface area contributed by atoms with Gasteiger partial charge in [0, 0.05) is 25.2 Å². The van der Waals surface area contributed by atoms with E-state index >= 15 is 0 Å². The normalized spacial score (nSPS) is 15.1. The maximum atomic E-state index is 12.4. The Balaban J connectivity index is 1.82. The van der Waals surface area contributed by atoms with Crippen molar-refractivity contribution >= 4 is 16.8 Å². The zero-order chi connectivity index (χ0) is 16.5. The number of benzene rings is 2. The summed E-state index contributed by atoms with van der Waals surface area (Å²) in [6, 6.07) is 8.85. The van der Waals surface area contributed by atoms with E-state index in [1.807, 2.05) is 30.0 Å². The minimum absolute atomic E-state index is 0.0599. The summed E-state index contributed by atoms with van der Waals surface area (Å²) in [5.41, 5.74) is 2.60. The maximum Gasteiger partial charge on any atom is 0.205 e. The van der Waals surface area contributed by atoms with E-state index in [1.54, 1.807) is 6.07 Å². The summed E-state index contributed by atoms with van der Waals surface area (Å²) in [5, 5.41) is 0. The summed E-state index contributed by atoms with van der Waals surface area (Å²) in [7, 11) is 0. The minimum atomic E-state index is -0.0599. The van der Waals surface area contributed by atoms with Crippen LogP contribution in [0.3, 0.4) is 0 Å². The van der Waals surface area contributed by atoms with E-state index in [2.05, 4.69) is 4.98 Å². The topological polar surface area (TPSA) is 64.8 Å². The standard InChI is InChI=1S/C18H18N2O4/c1-2-23-12-3-4-13-17(9-12)24-18-11-16(21)15(10-14(18)19-13)20-5-7-22-8-6-20/h3-4,9-11H,2,5-8H2,1H3. The number of nitrogens with zero attached hydrogens (tertiary/aromatic N) is 2. The molecule has 0 amide bonds. The molecule has 0 radical (unpaired) electrons. The fraction of sp³-hybridized carbons (Fsp3) is 0.333. The first-order chi connectivity index (χ1) is 11.7. The van der Waals surface area contributed by atoms with Crippen molar-refractivity contribution < 1.29 is 13.9 Å². The van der Waals surface area contributed by atoms with Crippen molar-refractivity contribution in [2.24, 2.45) is 0 Å². The largest absolute Gasteiger partial charge is 0.494 e. The molecule has 24 heavy (non-hydrogen) atoms. The molecule has 1 aromatic carbocycles. The Kier molecular flexibility index (Phi) is 3.82. The molecule has 124 valence electrons. The van der Waals surface area contributed by atoms with E-state index in [0.717, 1.165) is 11.3 Å². The third-order valence-corrected chi connectivity index (χ3v) is 4.10. The summed E-state index contributed by atoms with van der Waals surface area (Å²) in [6.45, 7) is 5.20. The maximum absolute atomic E-state index is 12.4. The Morgan fingerprint density at radius 2 is 2.04 bits per heavy atom. The molecule has 6 heteroatoms. The third-order valence-electron chi connectivity index (χ3n) is 4.10. The van der Waals surface area contributed by atoms with Gasteiger partial charge in [0.05, 0.1) is 25.5 Å². The highest BCUT2D eigenvalue weighted by molar-refractivity contribution is 5.78. The summed E-state index contributed by atoms with van der Waals surface area (Å²) in [5.74, 6) is 1.21. The van der Waals surface area contributed by atoms with Gasteiger partial charge in [-0.25, -0.2) is 4.98 Å². The Labute approximate surface area is 139 Å². The van der Waals surface area contributed by atoms with Crippen LogP contribution in [0.1, 0.15) is 6.92 Å². The van der Waals surface area contributed by atoms with Gasteiger partial charge in [0.1, 0.15) is 17.0 Å². The molecule has 0 aromatic heterocycles. The van der Waals surface area contributed by atoms with Crippen molar-refractivity contribution in [1.82, 2.24) is 4.98 Å². The van der Waals surface area contributed by atoms with Crippen molar-refractivity contribution in [2.75, 3.05) is 37.8 Å². The quantitative estimate of drug-likeness (QED) is 0.689. The Morgan fingerprint density at radius 3 is 2.83 bits per heavy atom. The Morgan fingerprint density at radius 1 is 1.21 bits per heavy atom. The van der Waals surface area contributed by atoms with Crippen LogP contribution < -0.4 is 15.1 Å². The number of fused-ring (bicyclic) bond motifs is 2. The van der Waals surface area contributed by atoms with Crippen molar-refractivity contribution in [1.29, 1.82) is 0 Å². The summed E-state index contributed by atoms with van der Waals surface area (Å²) >= 11 is 0. The first-order valence-corrected chi connectivity index (χ1v) is 8.09. The van der Waals surface area contributed by atoms with Gasteiger partial charge < -0.3 is 18.8 Å². The van der Waals surface area contributed by atoms with Crippen LogP contribution in [0.4, 0.5) is 5.69 Å². The fourth-order valence-electron chi connectivity index (χ4n) is 2.93. The van der Waals surface area contributed by atoms with Crippen LogP contribution in [0.15, 0.2) is 39.5 Å². The lowest BCUT2D eigenvalue weighted by Gasteiger charge is -2.28. The number of anilines is 1. The molecule has 0 spiro atoms. The second-order valence-corrected chi connectivity index (χ2v) is 5.66. The van der Waals surface area contributed by atoms with Crippen LogP contribution in [-0.4, -0.2) is 37.9 Å². The second-order valence-electron chi connectivity index (χ2n) is 5.66. The molecule has 0 bridgehead atoms. The van der Waals surface area contributed by atoms with Crippen LogP contribution in [-0.2, 0) is 4.74 Å². The van der Waals surface area contributed by atoms with Gasteiger partial charge in [0.2, 0.25) is 5.43 Å². The van der Waals surface area contributed by atoms with Crippen LogP contribution in [0.2, 0.25) is 0 Å². The third kappa shape index (κ3) is 2.69. The average molecular weight is 326 g/mol. The average Bonchev–Trinajstić information content (AvgIpc) is 2.60.